The third-order valence-electron chi connectivity index (χ3n) is 4.49. The lowest BCUT2D eigenvalue weighted by Crippen LogP contribution is -2.34. The molecule has 1 amide bonds. The molecule has 0 aromatic carbocycles. The minimum atomic E-state index is -1.21. The van der Waals surface area contributed by atoms with Crippen LogP contribution >= 0.6 is 0 Å². The lowest BCUT2D eigenvalue weighted by Gasteiger charge is -2.17. The van der Waals surface area contributed by atoms with Gasteiger partial charge in [0.15, 0.2) is 23.2 Å². The molecular weight excluding hydrogens is 370 g/mol. The van der Waals surface area contributed by atoms with E-state index in [2.05, 4.69) is 21.5 Å². The minimum absolute atomic E-state index is 0.0987. The first-order chi connectivity index (χ1) is 13.5. The average molecular weight is 393 g/mol. The molecule has 0 bridgehead atoms. The fraction of sp³-hybridized carbons (Fsp3) is 0.529. The number of ether oxygens (including phenoxy) is 3. The van der Waals surface area contributed by atoms with E-state index in [9.17, 15) is 15.0 Å². The molecule has 1 fully saturated rings. The first kappa shape index (κ1) is 20.3. The van der Waals surface area contributed by atoms with Gasteiger partial charge in [-0.05, 0) is 6.08 Å². The predicted molar refractivity (Wildman–Crippen MR) is 97.5 cm³/mol. The Morgan fingerprint density at radius 3 is 2.86 bits per heavy atom. The van der Waals surface area contributed by atoms with Crippen LogP contribution in [0.15, 0.2) is 25.3 Å². The molecule has 2 N–H and O–H groups in total. The van der Waals surface area contributed by atoms with Gasteiger partial charge in [-0.3, -0.25) is 14.3 Å². The number of rotatable bonds is 8. The number of hydrogen-bond donors (Lipinski definition) is 2. The highest BCUT2D eigenvalue weighted by molar-refractivity contribution is 6.03. The summed E-state index contributed by atoms with van der Waals surface area (Å²) in [5, 5.41) is 20.7. The van der Waals surface area contributed by atoms with Crippen LogP contribution in [0, 0.1) is 0 Å². The maximum absolute atomic E-state index is 11.9. The molecule has 3 heterocycles. The van der Waals surface area contributed by atoms with Crippen LogP contribution in [0.1, 0.15) is 6.23 Å². The molecule has 1 aliphatic rings. The number of anilines is 1. The van der Waals surface area contributed by atoms with Crippen LogP contribution in [0.2, 0.25) is 0 Å². The molecule has 3 rings (SSSR count). The van der Waals surface area contributed by atoms with Crippen LogP contribution in [0.25, 0.3) is 11.2 Å². The normalized spacial score (nSPS) is 24.6. The maximum Gasteiger partial charge on any atom is 0.251 e. The van der Waals surface area contributed by atoms with Gasteiger partial charge in [-0.1, -0.05) is 6.58 Å². The van der Waals surface area contributed by atoms with Crippen molar-refractivity contribution in [3.8, 4) is 0 Å². The molecule has 0 spiro atoms. The number of fused-ring (bicyclic) bond motifs is 1. The fourth-order valence-corrected chi connectivity index (χ4v) is 2.95. The summed E-state index contributed by atoms with van der Waals surface area (Å²) in [5.74, 6) is -0.0588. The number of nitrogens with zero attached hydrogens (tertiary/aromatic N) is 5. The summed E-state index contributed by atoms with van der Waals surface area (Å²) >= 11 is 0. The van der Waals surface area contributed by atoms with E-state index in [0.717, 1.165) is 0 Å². The summed E-state index contributed by atoms with van der Waals surface area (Å²) in [7, 11) is 3.10. The number of methoxy groups -OCH3 is 1. The molecule has 2 aromatic rings. The number of likely N-dealkylation sites (N-methyl/N-ethyl adjacent to an activating group) is 1. The van der Waals surface area contributed by atoms with Crippen LogP contribution < -0.4 is 4.90 Å². The highest BCUT2D eigenvalue weighted by Crippen LogP contribution is 2.32. The summed E-state index contributed by atoms with van der Waals surface area (Å²) in [6.45, 7) is 4.32. The number of carbonyl (C=O) groups excluding carboxylic acids is 1. The molecule has 11 heteroatoms. The Balaban J connectivity index is 1.84. The van der Waals surface area contributed by atoms with Crippen molar-refractivity contribution in [3.63, 3.8) is 0 Å². The molecule has 28 heavy (non-hydrogen) atoms. The largest absolute Gasteiger partial charge is 0.387 e. The summed E-state index contributed by atoms with van der Waals surface area (Å²) in [5.41, 5.74) is 0.705. The van der Waals surface area contributed by atoms with E-state index in [1.165, 1.54) is 28.2 Å². The number of imidazole rings is 1. The average Bonchev–Trinajstić information content (AvgIpc) is 3.26. The van der Waals surface area contributed by atoms with Gasteiger partial charge >= 0.3 is 0 Å². The molecule has 0 unspecified atom stereocenters. The van der Waals surface area contributed by atoms with Crippen molar-refractivity contribution in [3.05, 3.63) is 25.3 Å². The third kappa shape index (κ3) is 3.75. The predicted octanol–water partition coefficient (Wildman–Crippen LogP) is -0.743. The smallest absolute Gasteiger partial charge is 0.251 e. The molecule has 2 aromatic heterocycles. The Hall–Kier alpha value is -2.44. The molecule has 11 nitrogen and oxygen atoms in total. The van der Waals surface area contributed by atoms with Gasteiger partial charge in [0.1, 0.15) is 24.6 Å². The Morgan fingerprint density at radius 1 is 1.36 bits per heavy atom. The molecule has 1 aliphatic heterocycles. The SMILES string of the molecule is C=CC(=O)N(C)c1ncnc2c1ncn2[C@@H]1O[C@H](COCCOC)[C@@H](O)[C@H]1O. The highest BCUT2D eigenvalue weighted by atomic mass is 16.6. The second kappa shape index (κ2) is 8.71. The quantitative estimate of drug-likeness (QED) is 0.439. The number of hydrogen-bond acceptors (Lipinski definition) is 9. The van der Waals surface area contributed by atoms with Crippen molar-refractivity contribution in [1.29, 1.82) is 0 Å². The summed E-state index contributed by atoms with van der Waals surface area (Å²) in [6, 6.07) is 0. The van der Waals surface area contributed by atoms with E-state index < -0.39 is 24.5 Å². The van der Waals surface area contributed by atoms with E-state index in [0.29, 0.717) is 30.2 Å². The zero-order chi connectivity index (χ0) is 20.3. The van der Waals surface area contributed by atoms with E-state index >= 15 is 0 Å². The number of aromatic nitrogens is 4. The number of amides is 1. The molecule has 0 aliphatic carbocycles. The van der Waals surface area contributed by atoms with Gasteiger partial charge < -0.3 is 24.4 Å². The monoisotopic (exact) mass is 393 g/mol. The molecule has 0 saturated carbocycles. The first-order valence-corrected chi connectivity index (χ1v) is 8.65. The van der Waals surface area contributed by atoms with Gasteiger partial charge in [0, 0.05) is 14.2 Å². The molecule has 0 radical (unpaired) electrons. The second-order valence-corrected chi connectivity index (χ2v) is 6.24. The van der Waals surface area contributed by atoms with Crippen LogP contribution in [0.3, 0.4) is 0 Å². The number of carbonyl (C=O) groups is 1. The second-order valence-electron chi connectivity index (χ2n) is 6.24. The lowest BCUT2D eigenvalue weighted by atomic mass is 10.1. The molecule has 1 saturated heterocycles. The lowest BCUT2D eigenvalue weighted by molar-refractivity contribution is -0.113. The summed E-state index contributed by atoms with van der Waals surface area (Å²) in [4.78, 5) is 25.7. The van der Waals surface area contributed by atoms with E-state index in [4.69, 9.17) is 14.2 Å². The van der Waals surface area contributed by atoms with Crippen LogP contribution in [-0.2, 0) is 19.0 Å². The van der Waals surface area contributed by atoms with Crippen LogP contribution in [0.4, 0.5) is 5.82 Å². The van der Waals surface area contributed by atoms with Gasteiger partial charge in [0.2, 0.25) is 0 Å². The molecule has 4 atom stereocenters. The van der Waals surface area contributed by atoms with E-state index in [1.54, 1.807) is 14.2 Å². The van der Waals surface area contributed by atoms with Gasteiger partial charge in [-0.15, -0.1) is 0 Å². The van der Waals surface area contributed by atoms with Crippen LogP contribution in [0.5, 0.6) is 0 Å². The summed E-state index contributed by atoms with van der Waals surface area (Å²) in [6.07, 6.45) is -0.120. The van der Waals surface area contributed by atoms with Crippen molar-refractivity contribution in [2.75, 3.05) is 38.9 Å². The van der Waals surface area contributed by atoms with Crippen molar-refractivity contribution in [1.82, 2.24) is 19.5 Å². The standard InChI is InChI=1S/C17H23N5O6/c1-4-11(23)21(2)15-12-16(19-8-18-15)22(9-20-12)17-14(25)13(24)10(28-17)7-27-6-5-26-3/h4,8-10,13-14,17,24-25H,1,5-7H2,2-3H3/t10-,13-,14-,17-/m1/s1. The zero-order valence-electron chi connectivity index (χ0n) is 15.6. The van der Waals surface area contributed by atoms with Crippen molar-refractivity contribution < 1.29 is 29.2 Å². The maximum atomic E-state index is 11.9. The zero-order valence-corrected chi connectivity index (χ0v) is 15.6. The highest BCUT2D eigenvalue weighted by Gasteiger charge is 2.44. The summed E-state index contributed by atoms with van der Waals surface area (Å²) < 4.78 is 17.6. The Kier molecular flexibility index (Phi) is 6.31. The van der Waals surface area contributed by atoms with E-state index in [1.807, 2.05) is 0 Å². The van der Waals surface area contributed by atoms with Crippen molar-refractivity contribution in [2.45, 2.75) is 24.5 Å². The van der Waals surface area contributed by atoms with Crippen molar-refractivity contribution >= 4 is 22.9 Å². The van der Waals surface area contributed by atoms with Crippen molar-refractivity contribution in [2.24, 2.45) is 0 Å². The number of aliphatic hydroxyl groups excluding tert-OH is 2. The van der Waals surface area contributed by atoms with Crippen LogP contribution in [-0.4, -0.2) is 87.9 Å². The van der Waals surface area contributed by atoms with Gasteiger partial charge in [-0.25, -0.2) is 15.0 Å². The van der Waals surface area contributed by atoms with E-state index in [-0.39, 0.29) is 12.5 Å². The minimum Gasteiger partial charge on any atom is -0.387 e. The first-order valence-electron chi connectivity index (χ1n) is 8.65. The van der Waals surface area contributed by atoms with Gasteiger partial charge in [0.25, 0.3) is 5.91 Å². The topological polar surface area (TPSA) is 132 Å². The molecule has 152 valence electrons. The third-order valence-corrected chi connectivity index (χ3v) is 4.49. The Bertz CT molecular complexity index is 843. The fourth-order valence-electron chi connectivity index (χ4n) is 2.95. The Labute approximate surface area is 161 Å². The Morgan fingerprint density at radius 2 is 2.14 bits per heavy atom. The van der Waals surface area contributed by atoms with Gasteiger partial charge in [0.05, 0.1) is 26.1 Å². The number of aliphatic hydroxyl groups is 2. The van der Waals surface area contributed by atoms with Gasteiger partial charge in [-0.2, -0.15) is 0 Å². The molecular formula is C17H23N5O6.